The second-order valence-electron chi connectivity index (χ2n) is 2.22. The Kier molecular flexibility index (Phi) is 3.23. The molecule has 0 amide bonds. The Hall–Kier alpha value is -0.700. The Balaban J connectivity index is 2.57. The van der Waals surface area contributed by atoms with Gasteiger partial charge in [0.25, 0.3) is 0 Å². The molecular formula is C8H9BrNO+. The Bertz CT molecular complexity index is 225. The summed E-state index contributed by atoms with van der Waals surface area (Å²) in [5.74, 6) is 0. The number of carbonyl (C=O) groups excluding carboxylic acids is 1. The third-order valence-electron chi connectivity index (χ3n) is 1.31. The lowest BCUT2D eigenvalue weighted by atomic mass is 10.4. The molecule has 0 aromatic carbocycles. The van der Waals surface area contributed by atoms with Crippen LogP contribution in [0.2, 0.25) is 0 Å². The minimum Gasteiger partial charge on any atom is -0.302 e. The molecule has 1 atom stereocenters. The van der Waals surface area contributed by atoms with Crippen LogP contribution in [0.1, 0.15) is 0 Å². The van der Waals surface area contributed by atoms with E-state index in [0.717, 1.165) is 6.29 Å². The van der Waals surface area contributed by atoms with Gasteiger partial charge < -0.3 is 4.79 Å². The molecule has 1 heterocycles. The largest absolute Gasteiger partial charge is 0.302 e. The van der Waals surface area contributed by atoms with Gasteiger partial charge in [-0.05, 0) is 0 Å². The van der Waals surface area contributed by atoms with Gasteiger partial charge in [0, 0.05) is 12.1 Å². The summed E-state index contributed by atoms with van der Waals surface area (Å²) < 4.78 is 1.95. The number of hydrogen-bond acceptors (Lipinski definition) is 1. The minimum atomic E-state index is -0.0881. The van der Waals surface area contributed by atoms with Gasteiger partial charge in [-0.3, -0.25) is 0 Å². The van der Waals surface area contributed by atoms with Crippen LogP contribution in [0.3, 0.4) is 0 Å². The Morgan fingerprint density at radius 2 is 2.00 bits per heavy atom. The summed E-state index contributed by atoms with van der Waals surface area (Å²) in [5, 5.41) is 0. The zero-order valence-electron chi connectivity index (χ0n) is 5.98. The number of pyridine rings is 1. The van der Waals surface area contributed by atoms with E-state index in [1.54, 1.807) is 0 Å². The maximum absolute atomic E-state index is 10.2. The van der Waals surface area contributed by atoms with E-state index in [1.165, 1.54) is 0 Å². The number of nitrogens with zero attached hydrogens (tertiary/aromatic N) is 1. The van der Waals surface area contributed by atoms with Gasteiger partial charge in [0.1, 0.15) is 11.1 Å². The number of halogens is 1. The van der Waals surface area contributed by atoms with E-state index in [2.05, 4.69) is 15.9 Å². The summed E-state index contributed by atoms with van der Waals surface area (Å²) >= 11 is 3.22. The third kappa shape index (κ3) is 2.80. The summed E-state index contributed by atoms with van der Waals surface area (Å²) in [4.78, 5) is 10.2. The first-order chi connectivity index (χ1) is 5.33. The SMILES string of the molecule is O=CC(Br)C[n+]1ccccc1. The molecule has 3 heteroatoms. The molecule has 1 aromatic heterocycles. The third-order valence-corrected chi connectivity index (χ3v) is 1.82. The van der Waals surface area contributed by atoms with Crippen LogP contribution in [0.15, 0.2) is 30.6 Å². The van der Waals surface area contributed by atoms with Crippen molar-refractivity contribution >= 4 is 22.2 Å². The van der Waals surface area contributed by atoms with Crippen LogP contribution in [0.5, 0.6) is 0 Å². The predicted molar refractivity (Wildman–Crippen MR) is 45.4 cm³/mol. The van der Waals surface area contributed by atoms with Crippen molar-refractivity contribution in [1.29, 1.82) is 0 Å². The first-order valence-electron chi connectivity index (χ1n) is 3.36. The standard InChI is InChI=1S/C8H9BrNO/c9-8(7-11)6-10-4-2-1-3-5-10/h1-5,7-8H,6H2/q+1. The summed E-state index contributed by atoms with van der Waals surface area (Å²) in [6.07, 6.45) is 4.75. The molecule has 11 heavy (non-hydrogen) atoms. The van der Waals surface area contributed by atoms with Gasteiger partial charge in [-0.25, -0.2) is 4.57 Å². The molecule has 0 spiro atoms. The molecule has 0 aliphatic heterocycles. The monoisotopic (exact) mass is 214 g/mol. The van der Waals surface area contributed by atoms with Crippen molar-refractivity contribution in [3.05, 3.63) is 30.6 Å². The summed E-state index contributed by atoms with van der Waals surface area (Å²) in [7, 11) is 0. The highest BCUT2D eigenvalue weighted by atomic mass is 79.9. The van der Waals surface area contributed by atoms with Crippen LogP contribution < -0.4 is 4.57 Å². The zero-order valence-corrected chi connectivity index (χ0v) is 7.57. The molecule has 1 aromatic rings. The molecule has 0 radical (unpaired) electrons. The molecule has 0 N–H and O–H groups in total. The second-order valence-corrected chi connectivity index (χ2v) is 3.40. The molecular weight excluding hydrogens is 206 g/mol. The van der Waals surface area contributed by atoms with Crippen LogP contribution in [-0.2, 0) is 11.3 Å². The van der Waals surface area contributed by atoms with Gasteiger partial charge in [-0.15, -0.1) is 0 Å². The maximum Gasteiger partial charge on any atom is 0.168 e. The molecule has 0 saturated carbocycles. The smallest absolute Gasteiger partial charge is 0.168 e. The molecule has 0 aliphatic rings. The van der Waals surface area contributed by atoms with Crippen molar-refractivity contribution in [2.75, 3.05) is 0 Å². The quantitative estimate of drug-likeness (QED) is 0.417. The Labute approximate surface area is 74.0 Å². The highest BCUT2D eigenvalue weighted by Gasteiger charge is 2.07. The van der Waals surface area contributed by atoms with Crippen molar-refractivity contribution in [1.82, 2.24) is 0 Å². The number of carbonyl (C=O) groups is 1. The van der Waals surface area contributed by atoms with Gasteiger partial charge in [0.15, 0.2) is 18.9 Å². The van der Waals surface area contributed by atoms with E-state index in [1.807, 2.05) is 35.2 Å². The normalized spacial score (nSPS) is 12.5. The maximum atomic E-state index is 10.2. The molecule has 58 valence electrons. The molecule has 0 saturated heterocycles. The zero-order chi connectivity index (χ0) is 8.10. The number of hydrogen-bond donors (Lipinski definition) is 0. The fraction of sp³-hybridized carbons (Fsp3) is 0.250. The van der Waals surface area contributed by atoms with E-state index in [4.69, 9.17) is 0 Å². The molecule has 1 unspecified atom stereocenters. The van der Waals surface area contributed by atoms with Gasteiger partial charge in [-0.1, -0.05) is 22.0 Å². The van der Waals surface area contributed by atoms with Gasteiger partial charge in [-0.2, -0.15) is 0 Å². The van der Waals surface area contributed by atoms with Crippen LogP contribution in [0.4, 0.5) is 0 Å². The number of rotatable bonds is 3. The average molecular weight is 215 g/mol. The van der Waals surface area contributed by atoms with Crippen LogP contribution in [0.25, 0.3) is 0 Å². The summed E-state index contributed by atoms with van der Waals surface area (Å²) in [6.45, 7) is 0.685. The lowest BCUT2D eigenvalue weighted by molar-refractivity contribution is -0.694. The molecule has 1 rings (SSSR count). The number of alkyl halides is 1. The lowest BCUT2D eigenvalue weighted by Gasteiger charge is -1.95. The number of aldehydes is 1. The molecule has 0 bridgehead atoms. The van der Waals surface area contributed by atoms with Gasteiger partial charge in [0.05, 0.1) is 0 Å². The Morgan fingerprint density at radius 3 is 2.55 bits per heavy atom. The van der Waals surface area contributed by atoms with Crippen LogP contribution >= 0.6 is 15.9 Å². The molecule has 2 nitrogen and oxygen atoms in total. The van der Waals surface area contributed by atoms with Crippen molar-refractivity contribution in [3.8, 4) is 0 Å². The van der Waals surface area contributed by atoms with Crippen molar-refractivity contribution in [2.24, 2.45) is 0 Å². The average Bonchev–Trinajstić information content (AvgIpc) is 2.06. The van der Waals surface area contributed by atoms with Gasteiger partial charge in [0.2, 0.25) is 0 Å². The van der Waals surface area contributed by atoms with Crippen molar-refractivity contribution < 1.29 is 9.36 Å². The number of aromatic nitrogens is 1. The first-order valence-corrected chi connectivity index (χ1v) is 4.28. The molecule has 0 fully saturated rings. The highest BCUT2D eigenvalue weighted by Crippen LogP contribution is 1.93. The summed E-state index contributed by atoms with van der Waals surface area (Å²) in [6, 6.07) is 5.82. The fourth-order valence-electron chi connectivity index (χ4n) is 0.800. The van der Waals surface area contributed by atoms with Crippen molar-refractivity contribution in [2.45, 2.75) is 11.4 Å². The van der Waals surface area contributed by atoms with Crippen LogP contribution in [-0.4, -0.2) is 11.1 Å². The van der Waals surface area contributed by atoms with Crippen molar-refractivity contribution in [3.63, 3.8) is 0 Å². The predicted octanol–water partition coefficient (Wildman–Crippen LogP) is 0.937. The lowest BCUT2D eigenvalue weighted by Crippen LogP contribution is -2.37. The molecule has 0 aliphatic carbocycles. The Morgan fingerprint density at radius 1 is 1.36 bits per heavy atom. The van der Waals surface area contributed by atoms with E-state index >= 15 is 0 Å². The summed E-state index contributed by atoms with van der Waals surface area (Å²) in [5.41, 5.74) is 0. The van der Waals surface area contributed by atoms with E-state index in [-0.39, 0.29) is 4.83 Å². The van der Waals surface area contributed by atoms with E-state index < -0.39 is 0 Å². The van der Waals surface area contributed by atoms with Crippen LogP contribution in [0, 0.1) is 0 Å². The first kappa shape index (κ1) is 8.40. The minimum absolute atomic E-state index is 0.0881. The topological polar surface area (TPSA) is 20.9 Å². The highest BCUT2D eigenvalue weighted by molar-refractivity contribution is 9.09. The second kappa shape index (κ2) is 4.23. The van der Waals surface area contributed by atoms with E-state index in [0.29, 0.717) is 6.54 Å². The van der Waals surface area contributed by atoms with Gasteiger partial charge >= 0.3 is 0 Å². The van der Waals surface area contributed by atoms with E-state index in [9.17, 15) is 4.79 Å². The fourth-order valence-corrected chi connectivity index (χ4v) is 1.13.